The van der Waals surface area contributed by atoms with E-state index in [2.05, 4.69) is 6.07 Å². The van der Waals surface area contributed by atoms with Crippen molar-refractivity contribution in [3.8, 4) is 23.0 Å². The van der Waals surface area contributed by atoms with Crippen LogP contribution in [0.5, 0.6) is 23.0 Å². The van der Waals surface area contributed by atoms with Gasteiger partial charge in [0.25, 0.3) is 0 Å². The quantitative estimate of drug-likeness (QED) is 0.454. The van der Waals surface area contributed by atoms with Gasteiger partial charge in [0.05, 0.1) is 47.1 Å². The Kier molecular flexibility index (Phi) is 7.83. The maximum Gasteiger partial charge on any atom is 0.231 e. The number of nitrogens with zero attached hydrogens (tertiary/aromatic N) is 1. The van der Waals surface area contributed by atoms with Crippen molar-refractivity contribution < 1.29 is 23.7 Å². The van der Waals surface area contributed by atoms with Crippen LogP contribution in [0.3, 0.4) is 0 Å². The zero-order chi connectivity index (χ0) is 24.0. The maximum absolute atomic E-state index is 13.6. The van der Waals surface area contributed by atoms with Crippen LogP contribution in [0.4, 0.5) is 5.69 Å². The van der Waals surface area contributed by atoms with Gasteiger partial charge in [-0.25, -0.2) is 0 Å². The average Bonchev–Trinajstić information content (AvgIpc) is 2.83. The molecule has 0 saturated heterocycles. The molecule has 174 valence electrons. The van der Waals surface area contributed by atoms with Gasteiger partial charge in [-0.05, 0) is 42.7 Å². The first kappa shape index (κ1) is 24.0. The highest BCUT2D eigenvalue weighted by molar-refractivity contribution is 5.95. The normalized spacial score (nSPS) is 10.5. The van der Waals surface area contributed by atoms with Crippen LogP contribution < -0.4 is 23.8 Å². The number of methoxy groups -OCH3 is 4. The third-order valence-corrected chi connectivity index (χ3v) is 5.60. The van der Waals surface area contributed by atoms with Crippen LogP contribution in [-0.4, -0.2) is 34.3 Å². The highest BCUT2D eigenvalue weighted by Crippen LogP contribution is 2.41. The fraction of sp³-hybridized carbons (Fsp3) is 0.296. The van der Waals surface area contributed by atoms with Gasteiger partial charge in [0.2, 0.25) is 11.7 Å². The molecule has 0 spiro atoms. The summed E-state index contributed by atoms with van der Waals surface area (Å²) in [5.41, 5.74) is 4.90. The van der Waals surface area contributed by atoms with Crippen molar-refractivity contribution in [1.82, 2.24) is 0 Å². The van der Waals surface area contributed by atoms with E-state index < -0.39 is 0 Å². The van der Waals surface area contributed by atoms with E-state index in [0.29, 0.717) is 29.5 Å². The molecule has 0 N–H and O–H groups in total. The van der Waals surface area contributed by atoms with E-state index in [1.165, 1.54) is 5.56 Å². The molecule has 0 aliphatic carbocycles. The summed E-state index contributed by atoms with van der Waals surface area (Å²) in [7, 11) is 6.31. The average molecular weight is 450 g/mol. The number of ether oxygens (including phenoxy) is 4. The molecule has 0 atom stereocenters. The van der Waals surface area contributed by atoms with Crippen molar-refractivity contribution in [1.29, 1.82) is 0 Å². The highest BCUT2D eigenvalue weighted by atomic mass is 16.5. The molecule has 6 nitrogen and oxygen atoms in total. The lowest BCUT2D eigenvalue weighted by molar-refractivity contribution is -0.118. The fourth-order valence-electron chi connectivity index (χ4n) is 3.76. The van der Waals surface area contributed by atoms with E-state index in [4.69, 9.17) is 18.9 Å². The SMILES string of the molecule is COc1ccc(CN(C(=O)Cc2ccc(C)cc2C)c2cc(OC)c(OC)c(OC)c2)cc1. The first-order chi connectivity index (χ1) is 15.9. The van der Waals surface area contributed by atoms with E-state index >= 15 is 0 Å². The van der Waals surface area contributed by atoms with E-state index in [1.54, 1.807) is 45.5 Å². The molecule has 3 rings (SSSR count). The van der Waals surface area contributed by atoms with Crippen molar-refractivity contribution in [3.63, 3.8) is 0 Å². The van der Waals surface area contributed by atoms with Gasteiger partial charge in [0.15, 0.2) is 11.5 Å². The number of hydrogen-bond donors (Lipinski definition) is 0. The van der Waals surface area contributed by atoms with Crippen molar-refractivity contribution >= 4 is 11.6 Å². The smallest absolute Gasteiger partial charge is 0.231 e. The van der Waals surface area contributed by atoms with Crippen molar-refractivity contribution in [2.45, 2.75) is 26.8 Å². The topological polar surface area (TPSA) is 57.2 Å². The predicted molar refractivity (Wildman–Crippen MR) is 130 cm³/mol. The molecule has 0 fully saturated rings. The number of rotatable bonds is 9. The van der Waals surface area contributed by atoms with Crippen molar-refractivity contribution in [2.75, 3.05) is 33.3 Å². The van der Waals surface area contributed by atoms with Crippen LogP contribution in [0, 0.1) is 13.8 Å². The predicted octanol–water partition coefficient (Wildman–Crippen LogP) is 5.11. The minimum absolute atomic E-state index is 0.0351. The van der Waals surface area contributed by atoms with Gasteiger partial charge in [-0.2, -0.15) is 0 Å². The third kappa shape index (κ3) is 5.58. The number of anilines is 1. The molecular formula is C27H31NO5. The molecule has 0 bridgehead atoms. The lowest BCUT2D eigenvalue weighted by Gasteiger charge is -2.25. The van der Waals surface area contributed by atoms with Gasteiger partial charge in [-0.15, -0.1) is 0 Å². The number of aryl methyl sites for hydroxylation is 2. The summed E-state index contributed by atoms with van der Waals surface area (Å²) in [5, 5.41) is 0. The minimum atomic E-state index is -0.0351. The first-order valence-corrected chi connectivity index (χ1v) is 10.7. The number of carbonyl (C=O) groups excluding carboxylic acids is 1. The Morgan fingerprint density at radius 2 is 1.42 bits per heavy atom. The zero-order valence-electron chi connectivity index (χ0n) is 20.1. The number of benzene rings is 3. The van der Waals surface area contributed by atoms with Crippen LogP contribution in [0.25, 0.3) is 0 Å². The first-order valence-electron chi connectivity index (χ1n) is 10.7. The zero-order valence-corrected chi connectivity index (χ0v) is 20.1. The number of carbonyl (C=O) groups is 1. The number of amides is 1. The molecule has 0 unspecified atom stereocenters. The van der Waals surface area contributed by atoms with Crippen LogP contribution in [-0.2, 0) is 17.8 Å². The van der Waals surface area contributed by atoms with Crippen molar-refractivity contribution in [2.24, 2.45) is 0 Å². The molecule has 1 amide bonds. The molecule has 0 heterocycles. The molecule has 0 aliphatic rings. The summed E-state index contributed by atoms with van der Waals surface area (Å²) in [5.74, 6) is 2.19. The molecule has 0 radical (unpaired) electrons. The van der Waals surface area contributed by atoms with Gasteiger partial charge in [-0.3, -0.25) is 4.79 Å². The second-order valence-corrected chi connectivity index (χ2v) is 7.82. The Labute approximate surface area is 195 Å². The molecule has 0 aliphatic heterocycles. The van der Waals surface area contributed by atoms with Crippen LogP contribution in [0.15, 0.2) is 54.6 Å². The minimum Gasteiger partial charge on any atom is -0.497 e. The van der Waals surface area contributed by atoms with E-state index in [0.717, 1.165) is 22.4 Å². The van der Waals surface area contributed by atoms with E-state index in [1.807, 2.05) is 50.2 Å². The summed E-state index contributed by atoms with van der Waals surface area (Å²) < 4.78 is 21.8. The largest absolute Gasteiger partial charge is 0.497 e. The Bertz CT molecular complexity index is 1080. The summed E-state index contributed by atoms with van der Waals surface area (Å²) in [6, 6.07) is 17.4. The summed E-state index contributed by atoms with van der Waals surface area (Å²) in [4.78, 5) is 15.4. The Hall–Kier alpha value is -3.67. The maximum atomic E-state index is 13.6. The van der Waals surface area contributed by atoms with E-state index in [9.17, 15) is 4.79 Å². The van der Waals surface area contributed by atoms with Crippen molar-refractivity contribution in [3.05, 3.63) is 76.9 Å². The van der Waals surface area contributed by atoms with Gasteiger partial charge >= 0.3 is 0 Å². The molecule has 3 aromatic carbocycles. The summed E-state index contributed by atoms with van der Waals surface area (Å²) in [6.45, 7) is 4.46. The summed E-state index contributed by atoms with van der Waals surface area (Å²) in [6.07, 6.45) is 0.277. The lowest BCUT2D eigenvalue weighted by atomic mass is 10.0. The summed E-state index contributed by atoms with van der Waals surface area (Å²) >= 11 is 0. The molecule has 6 heteroatoms. The Morgan fingerprint density at radius 3 is 1.94 bits per heavy atom. The van der Waals surface area contributed by atoms with Crippen LogP contribution in [0.2, 0.25) is 0 Å². The number of hydrogen-bond acceptors (Lipinski definition) is 5. The second-order valence-electron chi connectivity index (χ2n) is 7.82. The Balaban J connectivity index is 2.03. The van der Waals surface area contributed by atoms with Crippen LogP contribution >= 0.6 is 0 Å². The second kappa shape index (κ2) is 10.8. The monoisotopic (exact) mass is 449 g/mol. The van der Waals surface area contributed by atoms with Gasteiger partial charge in [-0.1, -0.05) is 35.9 Å². The lowest BCUT2D eigenvalue weighted by Crippen LogP contribution is -2.32. The highest BCUT2D eigenvalue weighted by Gasteiger charge is 2.22. The van der Waals surface area contributed by atoms with E-state index in [-0.39, 0.29) is 12.3 Å². The molecular weight excluding hydrogens is 418 g/mol. The molecule has 3 aromatic rings. The third-order valence-electron chi connectivity index (χ3n) is 5.60. The van der Waals surface area contributed by atoms with Gasteiger partial charge < -0.3 is 23.8 Å². The fourth-order valence-corrected chi connectivity index (χ4v) is 3.76. The molecule has 0 saturated carbocycles. The van der Waals surface area contributed by atoms with Gasteiger partial charge in [0.1, 0.15) is 5.75 Å². The Morgan fingerprint density at radius 1 is 0.788 bits per heavy atom. The molecule has 33 heavy (non-hydrogen) atoms. The van der Waals surface area contributed by atoms with Gasteiger partial charge in [0, 0.05) is 12.1 Å². The standard InChI is InChI=1S/C27H31NO5/c1-18-7-10-21(19(2)13-18)14-26(29)28(17-20-8-11-23(30-3)12-9-20)22-15-24(31-4)27(33-6)25(16-22)32-5/h7-13,15-16H,14,17H2,1-6H3. The molecule has 0 aromatic heterocycles. The van der Waals surface area contributed by atoms with Crippen LogP contribution in [0.1, 0.15) is 22.3 Å².